The fourth-order valence-electron chi connectivity index (χ4n) is 2.37. The van der Waals surface area contributed by atoms with Gasteiger partial charge in [0.2, 0.25) is 0 Å². The van der Waals surface area contributed by atoms with Crippen molar-refractivity contribution in [1.29, 1.82) is 0 Å². The minimum Gasteiger partial charge on any atom is -0.396 e. The monoisotopic (exact) mass is 334 g/mol. The number of aliphatic hydroxyl groups is 1. The van der Waals surface area contributed by atoms with Crippen molar-refractivity contribution in [2.75, 3.05) is 13.2 Å². The van der Waals surface area contributed by atoms with E-state index in [1.807, 2.05) is 18.2 Å². The summed E-state index contributed by atoms with van der Waals surface area (Å²) < 4.78 is 0. The van der Waals surface area contributed by atoms with E-state index in [1.54, 1.807) is 23.5 Å². The third-order valence-corrected chi connectivity index (χ3v) is 5.12. The standard InChI is InChI=1S/C17H22N2O3S/c1-12(9-10-20)11-18-13(2)16-7-8-17(23-16)14-5-3-4-6-15(14)19(21)22/h3-8,12-13,18,20H,9-11H2,1-2H3. The topological polar surface area (TPSA) is 75.4 Å². The van der Waals surface area contributed by atoms with Gasteiger partial charge in [0.25, 0.3) is 5.69 Å². The number of nitro benzene ring substituents is 1. The number of thiophene rings is 1. The highest BCUT2D eigenvalue weighted by Gasteiger charge is 2.17. The lowest BCUT2D eigenvalue weighted by Crippen LogP contribution is -2.24. The quantitative estimate of drug-likeness (QED) is 0.565. The second kappa shape index (κ2) is 8.19. The van der Waals surface area contributed by atoms with Crippen LogP contribution in [0.3, 0.4) is 0 Å². The van der Waals surface area contributed by atoms with Gasteiger partial charge in [0.15, 0.2) is 0 Å². The van der Waals surface area contributed by atoms with Gasteiger partial charge in [0.1, 0.15) is 0 Å². The Balaban J connectivity index is 2.10. The van der Waals surface area contributed by atoms with E-state index in [0.29, 0.717) is 11.5 Å². The smallest absolute Gasteiger partial charge is 0.278 e. The van der Waals surface area contributed by atoms with E-state index in [-0.39, 0.29) is 23.3 Å². The summed E-state index contributed by atoms with van der Waals surface area (Å²) in [6.45, 7) is 5.22. The van der Waals surface area contributed by atoms with E-state index in [0.717, 1.165) is 22.7 Å². The lowest BCUT2D eigenvalue weighted by molar-refractivity contribution is -0.384. The summed E-state index contributed by atoms with van der Waals surface area (Å²) in [5.74, 6) is 0.414. The van der Waals surface area contributed by atoms with Crippen molar-refractivity contribution in [2.45, 2.75) is 26.3 Å². The van der Waals surface area contributed by atoms with Crippen LogP contribution in [0.15, 0.2) is 36.4 Å². The van der Waals surface area contributed by atoms with Gasteiger partial charge >= 0.3 is 0 Å². The summed E-state index contributed by atoms with van der Waals surface area (Å²) in [6, 6.07) is 11.0. The summed E-state index contributed by atoms with van der Waals surface area (Å²) in [7, 11) is 0. The van der Waals surface area contributed by atoms with Crippen molar-refractivity contribution in [3.63, 3.8) is 0 Å². The van der Waals surface area contributed by atoms with E-state index < -0.39 is 0 Å². The van der Waals surface area contributed by atoms with Crippen LogP contribution in [0.1, 0.15) is 31.2 Å². The van der Waals surface area contributed by atoms with E-state index in [9.17, 15) is 10.1 Å². The normalized spacial score (nSPS) is 13.7. The molecule has 2 unspecified atom stereocenters. The van der Waals surface area contributed by atoms with Crippen molar-refractivity contribution in [1.82, 2.24) is 5.32 Å². The molecule has 0 spiro atoms. The number of benzene rings is 1. The molecule has 2 atom stereocenters. The van der Waals surface area contributed by atoms with Gasteiger partial charge in [-0.3, -0.25) is 10.1 Å². The molecule has 23 heavy (non-hydrogen) atoms. The lowest BCUT2D eigenvalue weighted by Gasteiger charge is -2.16. The number of nitro groups is 1. The number of nitrogens with zero attached hydrogens (tertiary/aromatic N) is 1. The third-order valence-electron chi connectivity index (χ3n) is 3.81. The Labute approximate surface area is 140 Å². The number of nitrogens with one attached hydrogen (secondary N) is 1. The number of aliphatic hydroxyl groups excluding tert-OH is 1. The Bertz CT molecular complexity index is 657. The molecule has 0 aliphatic heterocycles. The molecule has 0 aliphatic rings. The average molecular weight is 334 g/mol. The van der Waals surface area contributed by atoms with Crippen LogP contribution in [0.4, 0.5) is 5.69 Å². The molecule has 0 bridgehead atoms. The van der Waals surface area contributed by atoms with Crippen LogP contribution in [-0.4, -0.2) is 23.2 Å². The van der Waals surface area contributed by atoms with Crippen molar-refractivity contribution in [3.05, 3.63) is 51.4 Å². The highest BCUT2D eigenvalue weighted by Crippen LogP contribution is 2.36. The van der Waals surface area contributed by atoms with Gasteiger partial charge in [-0.05, 0) is 44.0 Å². The fraction of sp³-hybridized carbons (Fsp3) is 0.412. The molecule has 0 radical (unpaired) electrons. The number of rotatable bonds is 8. The van der Waals surface area contributed by atoms with E-state index in [4.69, 9.17) is 5.11 Å². The molecule has 2 aromatic rings. The molecule has 0 aliphatic carbocycles. The maximum Gasteiger partial charge on any atom is 0.278 e. The van der Waals surface area contributed by atoms with Gasteiger partial charge in [-0.1, -0.05) is 19.1 Å². The van der Waals surface area contributed by atoms with Gasteiger partial charge < -0.3 is 10.4 Å². The molecule has 2 N–H and O–H groups in total. The van der Waals surface area contributed by atoms with Gasteiger partial charge in [-0.15, -0.1) is 11.3 Å². The Kier molecular flexibility index (Phi) is 6.27. The molecular weight excluding hydrogens is 312 g/mol. The van der Waals surface area contributed by atoms with Gasteiger partial charge in [-0.2, -0.15) is 0 Å². The predicted molar refractivity (Wildman–Crippen MR) is 93.7 cm³/mol. The van der Waals surface area contributed by atoms with Crippen molar-refractivity contribution in [3.8, 4) is 10.4 Å². The summed E-state index contributed by atoms with van der Waals surface area (Å²) in [5, 5.41) is 23.5. The zero-order valence-electron chi connectivity index (χ0n) is 13.4. The fourth-order valence-corrected chi connectivity index (χ4v) is 3.44. The molecule has 6 heteroatoms. The van der Waals surface area contributed by atoms with Gasteiger partial charge in [0, 0.05) is 28.5 Å². The number of hydrogen-bond acceptors (Lipinski definition) is 5. The van der Waals surface area contributed by atoms with Gasteiger partial charge in [0.05, 0.1) is 10.5 Å². The second-order valence-corrected chi connectivity index (χ2v) is 6.84. The number of hydrogen-bond donors (Lipinski definition) is 2. The highest BCUT2D eigenvalue weighted by atomic mass is 32.1. The van der Waals surface area contributed by atoms with Crippen LogP contribution < -0.4 is 5.32 Å². The molecule has 124 valence electrons. The average Bonchev–Trinajstić information content (AvgIpc) is 3.02. The zero-order valence-corrected chi connectivity index (χ0v) is 14.2. The van der Waals surface area contributed by atoms with Crippen LogP contribution in [-0.2, 0) is 0 Å². The largest absolute Gasteiger partial charge is 0.396 e. The second-order valence-electron chi connectivity index (χ2n) is 5.72. The van der Waals surface area contributed by atoms with Crippen molar-refractivity contribution >= 4 is 17.0 Å². The van der Waals surface area contributed by atoms with Gasteiger partial charge in [-0.25, -0.2) is 0 Å². The minimum absolute atomic E-state index is 0.137. The molecule has 1 heterocycles. The summed E-state index contributed by atoms with van der Waals surface area (Å²) in [6.07, 6.45) is 0.783. The number of para-hydroxylation sites is 1. The van der Waals surface area contributed by atoms with Crippen LogP contribution in [0.2, 0.25) is 0 Å². The first kappa shape index (κ1) is 17.6. The maximum atomic E-state index is 11.2. The molecule has 0 saturated carbocycles. The van der Waals surface area contributed by atoms with Crippen molar-refractivity contribution < 1.29 is 10.0 Å². The Morgan fingerprint density at radius 2 is 2.00 bits per heavy atom. The first-order valence-electron chi connectivity index (χ1n) is 7.70. The maximum absolute atomic E-state index is 11.2. The Morgan fingerprint density at radius 3 is 2.70 bits per heavy atom. The predicted octanol–water partition coefficient (Wildman–Crippen LogP) is 3.99. The minimum atomic E-state index is -0.340. The van der Waals surface area contributed by atoms with Crippen LogP contribution >= 0.6 is 11.3 Å². The Morgan fingerprint density at radius 1 is 1.26 bits per heavy atom. The van der Waals surface area contributed by atoms with E-state index >= 15 is 0 Å². The van der Waals surface area contributed by atoms with Crippen LogP contribution in [0.25, 0.3) is 10.4 Å². The SMILES string of the molecule is CC(CCO)CNC(C)c1ccc(-c2ccccc2[N+](=O)[O-])s1. The molecular formula is C17H22N2O3S. The molecule has 5 nitrogen and oxygen atoms in total. The zero-order chi connectivity index (χ0) is 16.8. The molecule has 0 fully saturated rings. The van der Waals surface area contributed by atoms with Crippen LogP contribution in [0.5, 0.6) is 0 Å². The molecule has 0 amide bonds. The summed E-state index contributed by atoms with van der Waals surface area (Å²) in [5.41, 5.74) is 0.799. The first-order valence-corrected chi connectivity index (χ1v) is 8.52. The highest BCUT2D eigenvalue weighted by molar-refractivity contribution is 7.15. The lowest BCUT2D eigenvalue weighted by atomic mass is 10.1. The van der Waals surface area contributed by atoms with Crippen molar-refractivity contribution in [2.24, 2.45) is 5.92 Å². The molecule has 0 saturated heterocycles. The molecule has 1 aromatic carbocycles. The van der Waals surface area contributed by atoms with E-state index in [2.05, 4.69) is 19.2 Å². The van der Waals surface area contributed by atoms with Crippen LogP contribution in [0, 0.1) is 16.0 Å². The third kappa shape index (κ3) is 4.60. The summed E-state index contributed by atoms with van der Waals surface area (Å²) in [4.78, 5) is 12.9. The summed E-state index contributed by atoms with van der Waals surface area (Å²) >= 11 is 1.57. The Hall–Kier alpha value is -1.76. The molecule has 2 rings (SSSR count). The van der Waals surface area contributed by atoms with E-state index in [1.165, 1.54) is 6.07 Å². The first-order chi connectivity index (χ1) is 11.0. The molecule has 1 aromatic heterocycles.